The fourth-order valence-corrected chi connectivity index (χ4v) is 3.71. The number of aryl methyl sites for hydroxylation is 1. The van der Waals surface area contributed by atoms with Crippen molar-refractivity contribution in [3.8, 4) is 22.8 Å². The monoisotopic (exact) mass is 446 g/mol. The van der Waals surface area contributed by atoms with Gasteiger partial charge in [0, 0.05) is 45.5 Å². The quantitative estimate of drug-likeness (QED) is 0.452. The smallest absolute Gasteiger partial charge is 0.262 e. The molecule has 5 heterocycles. The Labute approximate surface area is 189 Å². The highest BCUT2D eigenvalue weighted by Crippen LogP contribution is 2.34. The van der Waals surface area contributed by atoms with Gasteiger partial charge in [-0.3, -0.25) is 9.48 Å². The fourth-order valence-electron chi connectivity index (χ4n) is 3.71. The number of hydrogen-bond acceptors (Lipinski definition) is 9. The number of aromatic nitrogens is 6. The van der Waals surface area contributed by atoms with Crippen molar-refractivity contribution in [3.63, 3.8) is 0 Å². The average Bonchev–Trinajstić information content (AvgIpc) is 3.55. The van der Waals surface area contributed by atoms with Crippen LogP contribution < -0.4 is 5.32 Å². The van der Waals surface area contributed by atoms with Crippen LogP contribution in [-0.4, -0.2) is 59.4 Å². The highest BCUT2D eigenvalue weighted by molar-refractivity contribution is 5.87. The standard InChI is InChI=1S/C22H22N8O3/c1-29-11-8-22(32,20(29)31)19-12-18(28-33-19)16-5-3-4-15(25-16)17-6-9-23-21(26-17)24-13-14-7-10-30(2)27-14/h3-7,9-10,12,32H,8,11,13H2,1-2H3,(H,23,24,26)/t22-/m1/s1. The van der Waals surface area contributed by atoms with Crippen LogP contribution >= 0.6 is 0 Å². The van der Waals surface area contributed by atoms with E-state index in [4.69, 9.17) is 4.52 Å². The third kappa shape index (κ3) is 3.94. The van der Waals surface area contributed by atoms with E-state index in [0.29, 0.717) is 41.8 Å². The molecule has 4 aromatic rings. The molecule has 1 fully saturated rings. The summed E-state index contributed by atoms with van der Waals surface area (Å²) in [5.41, 5.74) is 1.39. The van der Waals surface area contributed by atoms with E-state index in [1.807, 2.05) is 31.4 Å². The first kappa shape index (κ1) is 20.8. The van der Waals surface area contributed by atoms with Crippen LogP contribution in [0.1, 0.15) is 17.9 Å². The lowest BCUT2D eigenvalue weighted by Gasteiger charge is -2.16. The third-order valence-corrected chi connectivity index (χ3v) is 5.55. The van der Waals surface area contributed by atoms with Crippen LogP contribution in [0.2, 0.25) is 0 Å². The minimum atomic E-state index is -1.70. The van der Waals surface area contributed by atoms with E-state index in [0.717, 1.165) is 5.69 Å². The summed E-state index contributed by atoms with van der Waals surface area (Å²) in [6.07, 6.45) is 3.78. The van der Waals surface area contributed by atoms with Gasteiger partial charge in [-0.2, -0.15) is 5.10 Å². The number of nitrogens with one attached hydrogen (secondary N) is 1. The molecule has 0 unspecified atom stereocenters. The van der Waals surface area contributed by atoms with Gasteiger partial charge in [0.25, 0.3) is 5.91 Å². The second kappa shape index (κ2) is 8.10. The van der Waals surface area contributed by atoms with Gasteiger partial charge in [-0.05, 0) is 24.3 Å². The molecule has 0 spiro atoms. The highest BCUT2D eigenvalue weighted by atomic mass is 16.5. The number of likely N-dealkylation sites (N-methyl/N-ethyl adjacent to an activating group) is 1. The molecule has 0 aromatic carbocycles. The number of amides is 1. The Hall–Kier alpha value is -4.12. The molecule has 33 heavy (non-hydrogen) atoms. The van der Waals surface area contributed by atoms with Crippen molar-refractivity contribution in [2.75, 3.05) is 18.9 Å². The number of nitrogens with zero attached hydrogens (tertiary/aromatic N) is 7. The molecule has 1 aliphatic heterocycles. The number of anilines is 1. The zero-order valence-electron chi connectivity index (χ0n) is 18.1. The summed E-state index contributed by atoms with van der Waals surface area (Å²) >= 11 is 0. The van der Waals surface area contributed by atoms with Crippen molar-refractivity contribution in [2.24, 2.45) is 7.05 Å². The summed E-state index contributed by atoms with van der Waals surface area (Å²) in [6.45, 7) is 0.944. The van der Waals surface area contributed by atoms with E-state index in [2.05, 4.69) is 30.5 Å². The first-order valence-electron chi connectivity index (χ1n) is 10.4. The molecule has 0 radical (unpaired) electrons. The van der Waals surface area contributed by atoms with Gasteiger partial charge in [0.05, 0.1) is 29.3 Å². The van der Waals surface area contributed by atoms with Crippen LogP contribution in [0.4, 0.5) is 5.95 Å². The molecule has 1 atom stereocenters. The molecular weight excluding hydrogens is 424 g/mol. The van der Waals surface area contributed by atoms with Gasteiger partial charge in [0.2, 0.25) is 11.5 Å². The molecule has 2 N–H and O–H groups in total. The largest absolute Gasteiger partial charge is 0.373 e. The number of carbonyl (C=O) groups is 1. The van der Waals surface area contributed by atoms with Gasteiger partial charge >= 0.3 is 0 Å². The summed E-state index contributed by atoms with van der Waals surface area (Å²) in [4.78, 5) is 27.2. The van der Waals surface area contributed by atoms with E-state index in [1.54, 1.807) is 36.1 Å². The molecule has 4 aromatic heterocycles. The number of carbonyl (C=O) groups excluding carboxylic acids is 1. The molecule has 0 aliphatic carbocycles. The molecule has 11 heteroatoms. The van der Waals surface area contributed by atoms with Gasteiger partial charge in [0.1, 0.15) is 5.69 Å². The maximum atomic E-state index is 12.3. The molecule has 5 rings (SSSR count). The van der Waals surface area contributed by atoms with Gasteiger partial charge in [0.15, 0.2) is 5.76 Å². The molecular formula is C22H22N8O3. The molecule has 11 nitrogen and oxygen atoms in total. The SMILES string of the molecule is CN1CC[C@@](O)(c2cc(-c3cccc(-c4ccnc(NCc5ccn(C)n5)n4)n3)no2)C1=O. The highest BCUT2D eigenvalue weighted by Gasteiger charge is 2.48. The number of pyridine rings is 1. The second-order valence-electron chi connectivity index (χ2n) is 7.92. The summed E-state index contributed by atoms with van der Waals surface area (Å²) in [5, 5.41) is 22.3. The van der Waals surface area contributed by atoms with Crippen LogP contribution in [0, 0.1) is 0 Å². The number of rotatable bonds is 6. The summed E-state index contributed by atoms with van der Waals surface area (Å²) in [5.74, 6) is 0.167. The van der Waals surface area contributed by atoms with Gasteiger partial charge in [-0.1, -0.05) is 11.2 Å². The molecule has 1 saturated heterocycles. The Morgan fingerprint density at radius 3 is 2.64 bits per heavy atom. The van der Waals surface area contributed by atoms with Crippen molar-refractivity contribution >= 4 is 11.9 Å². The minimum Gasteiger partial charge on any atom is -0.373 e. The summed E-state index contributed by atoms with van der Waals surface area (Å²) in [6, 6.07) is 10.7. The van der Waals surface area contributed by atoms with Gasteiger partial charge in [-0.15, -0.1) is 0 Å². The molecule has 0 bridgehead atoms. The van der Waals surface area contributed by atoms with Crippen LogP contribution in [0.15, 0.2) is 53.3 Å². The Morgan fingerprint density at radius 1 is 1.12 bits per heavy atom. The van der Waals surface area contributed by atoms with Crippen molar-refractivity contribution in [3.05, 3.63) is 60.2 Å². The predicted octanol–water partition coefficient (Wildman–Crippen LogP) is 1.59. The normalized spacial score (nSPS) is 18.2. The van der Waals surface area contributed by atoms with Crippen LogP contribution in [0.3, 0.4) is 0 Å². The van der Waals surface area contributed by atoms with Crippen LogP contribution in [0.25, 0.3) is 22.8 Å². The molecule has 1 amide bonds. The van der Waals surface area contributed by atoms with Crippen LogP contribution in [0.5, 0.6) is 0 Å². The first-order chi connectivity index (χ1) is 15.9. The summed E-state index contributed by atoms with van der Waals surface area (Å²) in [7, 11) is 3.51. The topological polar surface area (TPSA) is 135 Å². The maximum Gasteiger partial charge on any atom is 0.262 e. The van der Waals surface area contributed by atoms with E-state index < -0.39 is 11.5 Å². The average molecular weight is 446 g/mol. The number of likely N-dealkylation sites (tertiary alicyclic amines) is 1. The van der Waals surface area contributed by atoms with Crippen molar-refractivity contribution in [1.82, 2.24) is 34.8 Å². The second-order valence-corrected chi connectivity index (χ2v) is 7.92. The Morgan fingerprint density at radius 2 is 1.91 bits per heavy atom. The Kier molecular flexibility index (Phi) is 5.09. The van der Waals surface area contributed by atoms with E-state index in [-0.39, 0.29) is 12.2 Å². The van der Waals surface area contributed by atoms with Crippen molar-refractivity contribution in [1.29, 1.82) is 0 Å². The zero-order chi connectivity index (χ0) is 23.0. The summed E-state index contributed by atoms with van der Waals surface area (Å²) < 4.78 is 7.07. The first-order valence-corrected chi connectivity index (χ1v) is 10.4. The lowest BCUT2D eigenvalue weighted by Crippen LogP contribution is -2.35. The maximum absolute atomic E-state index is 12.3. The van der Waals surface area contributed by atoms with Crippen molar-refractivity contribution in [2.45, 2.75) is 18.6 Å². The third-order valence-electron chi connectivity index (χ3n) is 5.55. The van der Waals surface area contributed by atoms with Crippen LogP contribution in [-0.2, 0) is 24.0 Å². The van der Waals surface area contributed by atoms with E-state index in [9.17, 15) is 9.90 Å². The molecule has 0 saturated carbocycles. The van der Waals surface area contributed by atoms with Gasteiger partial charge < -0.3 is 19.8 Å². The Bertz CT molecular complexity index is 1320. The zero-order valence-corrected chi connectivity index (χ0v) is 18.1. The van der Waals surface area contributed by atoms with E-state index in [1.165, 1.54) is 4.90 Å². The molecule has 168 valence electrons. The fraction of sp³-hybridized carbons (Fsp3) is 0.273. The number of hydrogen-bond donors (Lipinski definition) is 2. The minimum absolute atomic E-state index is 0.113. The molecule has 1 aliphatic rings. The lowest BCUT2D eigenvalue weighted by molar-refractivity contribution is -0.144. The Balaban J connectivity index is 1.37. The number of aliphatic hydroxyl groups is 1. The predicted molar refractivity (Wildman–Crippen MR) is 117 cm³/mol. The van der Waals surface area contributed by atoms with Gasteiger partial charge in [-0.25, -0.2) is 15.0 Å². The van der Waals surface area contributed by atoms with E-state index >= 15 is 0 Å². The lowest BCUT2D eigenvalue weighted by atomic mass is 9.98. The van der Waals surface area contributed by atoms with Crippen molar-refractivity contribution < 1.29 is 14.4 Å².